The van der Waals surface area contributed by atoms with E-state index in [-0.39, 0.29) is 0 Å². The van der Waals surface area contributed by atoms with Crippen molar-refractivity contribution in [3.8, 4) is 0 Å². The van der Waals surface area contributed by atoms with E-state index in [9.17, 15) is 9.90 Å². The van der Waals surface area contributed by atoms with Crippen LogP contribution in [0.2, 0.25) is 0 Å². The minimum Gasteiger partial charge on any atom is -0.478 e. The Labute approximate surface area is 244 Å². The van der Waals surface area contributed by atoms with Gasteiger partial charge in [0.2, 0.25) is 0 Å². The number of piperidine rings is 1. The Morgan fingerprint density at radius 2 is 1.68 bits per heavy atom. The Morgan fingerprint density at radius 1 is 0.976 bits per heavy atom. The van der Waals surface area contributed by atoms with Gasteiger partial charge in [-0.1, -0.05) is 32.0 Å². The summed E-state index contributed by atoms with van der Waals surface area (Å²) < 4.78 is 4.31. The van der Waals surface area contributed by atoms with Crippen molar-refractivity contribution in [3.63, 3.8) is 0 Å². The van der Waals surface area contributed by atoms with Crippen LogP contribution in [-0.4, -0.2) is 85.8 Å². The lowest BCUT2D eigenvalue weighted by molar-refractivity contribution is 0.0695. The van der Waals surface area contributed by atoms with Gasteiger partial charge in [0.05, 0.1) is 12.1 Å². The molecule has 3 aromatic rings. The summed E-state index contributed by atoms with van der Waals surface area (Å²) in [5.74, 6) is 1.87. The van der Waals surface area contributed by atoms with Crippen LogP contribution in [0.15, 0.2) is 49.1 Å². The quantitative estimate of drug-likeness (QED) is 0.288. The number of aryl methyl sites for hydroxylation is 1. The van der Waals surface area contributed by atoms with E-state index in [0.29, 0.717) is 24.1 Å². The fraction of sp³-hybridized carbons (Fsp3) is 0.594. The van der Waals surface area contributed by atoms with Crippen molar-refractivity contribution in [2.75, 3.05) is 45.8 Å². The zero-order valence-electron chi connectivity index (χ0n) is 24.8. The summed E-state index contributed by atoms with van der Waals surface area (Å²) in [4.78, 5) is 26.1. The number of carbonyl (C=O) groups is 1. The topological polar surface area (TPSA) is 91.5 Å². The van der Waals surface area contributed by atoms with Gasteiger partial charge in [-0.05, 0) is 74.8 Å². The van der Waals surface area contributed by atoms with E-state index >= 15 is 0 Å². The molecule has 0 atom stereocenters. The largest absolute Gasteiger partial charge is 0.478 e. The average molecular weight is 562 g/mol. The van der Waals surface area contributed by atoms with Crippen LogP contribution in [0.4, 0.5) is 0 Å². The van der Waals surface area contributed by atoms with Gasteiger partial charge in [-0.2, -0.15) is 0 Å². The molecule has 222 valence electrons. The number of aromatic carboxylic acids is 1. The molecule has 9 nitrogen and oxygen atoms in total. The molecule has 0 aliphatic carbocycles. The number of carboxylic acids is 1. The van der Waals surface area contributed by atoms with Gasteiger partial charge in [0, 0.05) is 63.9 Å². The van der Waals surface area contributed by atoms with Crippen molar-refractivity contribution in [1.29, 1.82) is 0 Å². The number of likely N-dealkylation sites (tertiary alicyclic amines) is 2. The van der Waals surface area contributed by atoms with Crippen LogP contribution in [-0.2, 0) is 26.1 Å². The SMILES string of the molecule is CC(C)CN1CCC2(CC1)CCN(CCCn1ccnc1CCNCc1nccn1Cc1ccccc1C(=O)O)C2. The van der Waals surface area contributed by atoms with Crippen LogP contribution < -0.4 is 5.32 Å². The third-order valence-electron chi connectivity index (χ3n) is 8.93. The summed E-state index contributed by atoms with van der Waals surface area (Å²) in [6.07, 6.45) is 13.8. The van der Waals surface area contributed by atoms with Crippen molar-refractivity contribution < 1.29 is 9.90 Å². The molecule has 2 aromatic heterocycles. The molecule has 41 heavy (non-hydrogen) atoms. The zero-order valence-corrected chi connectivity index (χ0v) is 24.8. The zero-order chi connectivity index (χ0) is 28.7. The van der Waals surface area contributed by atoms with Gasteiger partial charge >= 0.3 is 5.97 Å². The Bertz CT molecular complexity index is 1260. The second kappa shape index (κ2) is 13.8. The van der Waals surface area contributed by atoms with Gasteiger partial charge in [-0.15, -0.1) is 0 Å². The first-order chi connectivity index (χ1) is 19.9. The van der Waals surface area contributed by atoms with Crippen LogP contribution >= 0.6 is 0 Å². The Balaban J connectivity index is 1.02. The second-order valence-electron chi connectivity index (χ2n) is 12.5. The second-order valence-corrected chi connectivity index (χ2v) is 12.5. The number of nitrogens with zero attached hydrogens (tertiary/aromatic N) is 6. The van der Waals surface area contributed by atoms with Gasteiger partial charge in [0.15, 0.2) is 0 Å². The molecular formula is C32H47N7O2. The molecule has 0 unspecified atom stereocenters. The fourth-order valence-corrected chi connectivity index (χ4v) is 6.69. The van der Waals surface area contributed by atoms with Crippen LogP contribution in [0.3, 0.4) is 0 Å². The van der Waals surface area contributed by atoms with Crippen LogP contribution in [0.25, 0.3) is 0 Å². The highest BCUT2D eigenvalue weighted by molar-refractivity contribution is 5.89. The van der Waals surface area contributed by atoms with E-state index < -0.39 is 5.97 Å². The molecule has 4 heterocycles. The Kier molecular flexibility index (Phi) is 9.90. The number of carboxylic acid groups (broad SMARTS) is 1. The molecule has 0 bridgehead atoms. The van der Waals surface area contributed by atoms with E-state index in [2.05, 4.69) is 49.7 Å². The molecule has 2 N–H and O–H groups in total. The number of hydrogen-bond acceptors (Lipinski definition) is 6. The Morgan fingerprint density at radius 3 is 2.44 bits per heavy atom. The smallest absolute Gasteiger partial charge is 0.336 e. The third-order valence-corrected chi connectivity index (χ3v) is 8.93. The predicted molar refractivity (Wildman–Crippen MR) is 161 cm³/mol. The summed E-state index contributed by atoms with van der Waals surface area (Å²) in [6, 6.07) is 7.14. The molecule has 1 aromatic carbocycles. The van der Waals surface area contributed by atoms with Gasteiger partial charge in [-0.25, -0.2) is 14.8 Å². The minimum atomic E-state index is -0.905. The van der Waals surface area contributed by atoms with E-state index in [0.717, 1.165) is 49.1 Å². The average Bonchev–Trinajstić information content (AvgIpc) is 3.69. The summed E-state index contributed by atoms with van der Waals surface area (Å²) >= 11 is 0. The lowest BCUT2D eigenvalue weighted by Gasteiger charge is -2.40. The summed E-state index contributed by atoms with van der Waals surface area (Å²) in [6.45, 7) is 15.1. The summed E-state index contributed by atoms with van der Waals surface area (Å²) in [7, 11) is 0. The third kappa shape index (κ3) is 7.84. The lowest BCUT2D eigenvalue weighted by Crippen LogP contribution is -2.42. The monoisotopic (exact) mass is 561 g/mol. The maximum Gasteiger partial charge on any atom is 0.336 e. The molecule has 2 aliphatic heterocycles. The highest BCUT2D eigenvalue weighted by atomic mass is 16.4. The van der Waals surface area contributed by atoms with Crippen molar-refractivity contribution in [2.45, 2.75) is 65.6 Å². The molecule has 5 rings (SSSR count). The standard InChI is InChI=1S/C32H47N7O2/c1-26(2)23-36-17-9-32(10-18-36)11-19-37(25-32)15-5-16-38-20-13-34-29(38)8-12-33-22-30-35-14-21-39(30)24-27-6-3-4-7-28(27)31(40)41/h3-4,6-7,13-14,20-21,26,33H,5,8-12,15-19,22-25H2,1-2H3,(H,40,41). The van der Waals surface area contributed by atoms with Crippen molar-refractivity contribution in [1.82, 2.24) is 34.2 Å². The highest BCUT2D eigenvalue weighted by Gasteiger charge is 2.40. The molecular weight excluding hydrogens is 514 g/mol. The highest BCUT2D eigenvalue weighted by Crippen LogP contribution is 2.40. The predicted octanol–water partition coefficient (Wildman–Crippen LogP) is 3.99. The minimum absolute atomic E-state index is 0.332. The number of imidazole rings is 2. The number of hydrogen-bond donors (Lipinski definition) is 2. The molecule has 9 heteroatoms. The maximum absolute atomic E-state index is 11.6. The van der Waals surface area contributed by atoms with Crippen molar-refractivity contribution in [3.05, 3.63) is 71.8 Å². The van der Waals surface area contributed by atoms with E-state index in [1.165, 1.54) is 58.5 Å². The number of benzene rings is 1. The summed E-state index contributed by atoms with van der Waals surface area (Å²) in [5.41, 5.74) is 1.67. The molecule has 0 radical (unpaired) electrons. The molecule has 2 saturated heterocycles. The first kappa shape index (κ1) is 29.5. The molecule has 1 spiro atoms. The summed E-state index contributed by atoms with van der Waals surface area (Å²) in [5, 5.41) is 13.0. The molecule has 0 saturated carbocycles. The fourth-order valence-electron chi connectivity index (χ4n) is 6.69. The number of aromatic nitrogens is 4. The van der Waals surface area contributed by atoms with Crippen LogP contribution in [0.1, 0.15) is 67.1 Å². The number of rotatable bonds is 14. The van der Waals surface area contributed by atoms with Crippen molar-refractivity contribution in [2.24, 2.45) is 11.3 Å². The molecule has 2 aliphatic rings. The first-order valence-electron chi connectivity index (χ1n) is 15.4. The number of nitrogens with one attached hydrogen (secondary N) is 1. The molecule has 2 fully saturated rings. The maximum atomic E-state index is 11.6. The lowest BCUT2D eigenvalue weighted by atomic mass is 9.77. The van der Waals surface area contributed by atoms with Gasteiger partial charge in [0.25, 0.3) is 0 Å². The van der Waals surface area contributed by atoms with Crippen molar-refractivity contribution >= 4 is 5.97 Å². The first-order valence-corrected chi connectivity index (χ1v) is 15.4. The van der Waals surface area contributed by atoms with Gasteiger partial charge < -0.3 is 29.4 Å². The van der Waals surface area contributed by atoms with E-state index in [1.807, 2.05) is 29.1 Å². The normalized spacial score (nSPS) is 17.6. The van der Waals surface area contributed by atoms with Crippen LogP contribution in [0.5, 0.6) is 0 Å². The van der Waals surface area contributed by atoms with Gasteiger partial charge in [-0.3, -0.25) is 0 Å². The molecule has 0 amide bonds. The van der Waals surface area contributed by atoms with E-state index in [4.69, 9.17) is 0 Å². The van der Waals surface area contributed by atoms with E-state index in [1.54, 1.807) is 18.3 Å². The Hall–Kier alpha value is -3.01. The van der Waals surface area contributed by atoms with Gasteiger partial charge in [0.1, 0.15) is 11.6 Å². The van der Waals surface area contributed by atoms with Crippen LogP contribution in [0, 0.1) is 11.3 Å².